The van der Waals surface area contributed by atoms with Crippen LogP contribution < -0.4 is 0 Å². The van der Waals surface area contributed by atoms with E-state index in [0.29, 0.717) is 17.9 Å². The van der Waals surface area contributed by atoms with Crippen LogP contribution in [-0.2, 0) is 7.05 Å². The van der Waals surface area contributed by atoms with Gasteiger partial charge in [0.25, 0.3) is 0 Å². The highest BCUT2D eigenvalue weighted by Gasteiger charge is 2.33. The standard InChI is InChI=1S/C12H21N3O4/c1-12(2,15(19)11(17)18)6-9(4-5-16)10-7-13-14(3)8-10/h7-9,16,19H,4-6H2,1-3H3,(H,17,18). The molecule has 7 nitrogen and oxygen atoms in total. The van der Waals surface area contributed by atoms with Gasteiger partial charge in [-0.1, -0.05) is 0 Å². The van der Waals surface area contributed by atoms with Gasteiger partial charge in [-0.3, -0.25) is 9.89 Å². The van der Waals surface area contributed by atoms with Crippen molar-refractivity contribution < 1.29 is 20.2 Å². The third-order valence-corrected chi connectivity index (χ3v) is 3.17. The van der Waals surface area contributed by atoms with Gasteiger partial charge in [0.15, 0.2) is 0 Å². The Morgan fingerprint density at radius 1 is 1.58 bits per heavy atom. The normalized spacial score (nSPS) is 13.3. The Kier molecular flexibility index (Phi) is 4.90. The number of carbonyl (C=O) groups is 1. The number of hydrogen-bond acceptors (Lipinski definition) is 4. The molecule has 0 aromatic carbocycles. The first-order valence-corrected chi connectivity index (χ1v) is 6.09. The summed E-state index contributed by atoms with van der Waals surface area (Å²) in [6.45, 7) is 3.28. The largest absolute Gasteiger partial charge is 0.463 e. The second kappa shape index (κ2) is 6.03. The van der Waals surface area contributed by atoms with E-state index in [1.165, 1.54) is 0 Å². The van der Waals surface area contributed by atoms with Crippen LogP contribution >= 0.6 is 0 Å². The number of nitrogens with zero attached hydrogens (tertiary/aromatic N) is 3. The number of hydroxylamine groups is 2. The molecule has 0 aliphatic heterocycles. The second-order valence-electron chi connectivity index (χ2n) is 5.27. The number of hydrogen-bond donors (Lipinski definition) is 3. The molecule has 0 radical (unpaired) electrons. The number of aliphatic hydroxyl groups excluding tert-OH is 1. The summed E-state index contributed by atoms with van der Waals surface area (Å²) in [6.07, 6.45) is 3.02. The Morgan fingerprint density at radius 2 is 2.21 bits per heavy atom. The predicted octanol–water partition coefficient (Wildman–Crippen LogP) is 1.42. The Morgan fingerprint density at radius 3 is 2.63 bits per heavy atom. The molecule has 0 aliphatic carbocycles. The lowest BCUT2D eigenvalue weighted by Gasteiger charge is -2.34. The van der Waals surface area contributed by atoms with Crippen LogP contribution in [0.3, 0.4) is 0 Å². The number of carboxylic acid groups (broad SMARTS) is 1. The second-order valence-corrected chi connectivity index (χ2v) is 5.27. The molecule has 19 heavy (non-hydrogen) atoms. The molecule has 0 spiro atoms. The van der Waals surface area contributed by atoms with E-state index in [4.69, 9.17) is 10.2 Å². The number of aryl methyl sites for hydroxylation is 1. The molecule has 1 rings (SSSR count). The minimum Gasteiger partial charge on any atom is -0.463 e. The predicted molar refractivity (Wildman–Crippen MR) is 68.0 cm³/mol. The minimum atomic E-state index is -1.39. The molecule has 1 aromatic heterocycles. The number of rotatable bonds is 6. The van der Waals surface area contributed by atoms with Crippen LogP contribution in [0, 0.1) is 0 Å². The van der Waals surface area contributed by atoms with Crippen LogP contribution in [0.5, 0.6) is 0 Å². The van der Waals surface area contributed by atoms with Crippen molar-refractivity contribution in [3.8, 4) is 0 Å². The molecule has 1 unspecified atom stereocenters. The molecule has 0 aliphatic rings. The van der Waals surface area contributed by atoms with Gasteiger partial charge < -0.3 is 10.2 Å². The van der Waals surface area contributed by atoms with Crippen LogP contribution in [0.25, 0.3) is 0 Å². The summed E-state index contributed by atoms with van der Waals surface area (Å²) in [7, 11) is 1.79. The molecule has 108 valence electrons. The van der Waals surface area contributed by atoms with Crippen LogP contribution in [0.4, 0.5) is 4.79 Å². The topological polar surface area (TPSA) is 98.8 Å². The highest BCUT2D eigenvalue weighted by Crippen LogP contribution is 2.31. The van der Waals surface area contributed by atoms with E-state index in [2.05, 4.69) is 5.10 Å². The third-order valence-electron chi connectivity index (χ3n) is 3.17. The maximum absolute atomic E-state index is 10.8. The van der Waals surface area contributed by atoms with Gasteiger partial charge in [-0.15, -0.1) is 0 Å². The highest BCUT2D eigenvalue weighted by molar-refractivity contribution is 5.64. The molecular formula is C12H21N3O4. The average molecular weight is 271 g/mol. The Hall–Kier alpha value is -1.60. The van der Waals surface area contributed by atoms with Crippen LogP contribution in [0.1, 0.15) is 38.2 Å². The van der Waals surface area contributed by atoms with Gasteiger partial charge in [0, 0.05) is 19.9 Å². The first kappa shape index (κ1) is 15.5. The van der Waals surface area contributed by atoms with Gasteiger partial charge in [-0.25, -0.2) is 4.79 Å². The first-order valence-electron chi connectivity index (χ1n) is 6.09. The third kappa shape index (κ3) is 3.93. The van der Waals surface area contributed by atoms with Gasteiger partial charge in [0.05, 0.1) is 11.7 Å². The Labute approximate surface area is 112 Å². The maximum atomic E-state index is 10.8. The molecule has 1 atom stereocenters. The van der Waals surface area contributed by atoms with Gasteiger partial charge in [0.1, 0.15) is 0 Å². The summed E-state index contributed by atoms with van der Waals surface area (Å²) in [5, 5.41) is 31.9. The van der Waals surface area contributed by atoms with Crippen molar-refractivity contribution in [2.45, 2.75) is 38.1 Å². The zero-order valence-electron chi connectivity index (χ0n) is 11.4. The zero-order valence-corrected chi connectivity index (χ0v) is 11.4. The van der Waals surface area contributed by atoms with Crippen LogP contribution in [0.15, 0.2) is 12.4 Å². The smallest absolute Gasteiger partial charge is 0.431 e. The lowest BCUT2D eigenvalue weighted by Crippen LogP contribution is -2.45. The minimum absolute atomic E-state index is 0.00581. The summed E-state index contributed by atoms with van der Waals surface area (Å²) in [5.41, 5.74) is -0.0231. The zero-order chi connectivity index (χ0) is 14.6. The number of amides is 1. The molecule has 0 fully saturated rings. The van der Waals surface area contributed by atoms with Gasteiger partial charge in [0.2, 0.25) is 0 Å². The SMILES string of the molecule is Cn1cc(C(CCO)CC(C)(C)N(O)C(=O)O)cn1. The maximum Gasteiger partial charge on any atom is 0.431 e. The van der Waals surface area contributed by atoms with Gasteiger partial charge in [-0.05, 0) is 38.2 Å². The van der Waals surface area contributed by atoms with Crippen molar-refractivity contribution in [2.24, 2.45) is 7.05 Å². The fourth-order valence-electron chi connectivity index (χ4n) is 2.14. The summed E-state index contributed by atoms with van der Waals surface area (Å²) in [4.78, 5) is 10.8. The molecule has 0 saturated carbocycles. The van der Waals surface area contributed by atoms with Crippen LogP contribution in [0.2, 0.25) is 0 Å². The van der Waals surface area contributed by atoms with Crippen molar-refractivity contribution >= 4 is 6.09 Å². The van der Waals surface area contributed by atoms with E-state index in [-0.39, 0.29) is 12.5 Å². The molecule has 7 heteroatoms. The van der Waals surface area contributed by atoms with Gasteiger partial charge >= 0.3 is 6.09 Å². The van der Waals surface area contributed by atoms with Crippen molar-refractivity contribution in [2.75, 3.05) is 6.61 Å². The lowest BCUT2D eigenvalue weighted by molar-refractivity contribution is -0.134. The van der Waals surface area contributed by atoms with E-state index in [1.54, 1.807) is 31.8 Å². The van der Waals surface area contributed by atoms with Crippen molar-refractivity contribution in [3.63, 3.8) is 0 Å². The van der Waals surface area contributed by atoms with E-state index >= 15 is 0 Å². The molecular weight excluding hydrogens is 250 g/mol. The highest BCUT2D eigenvalue weighted by atomic mass is 16.6. The van der Waals surface area contributed by atoms with Crippen molar-refractivity contribution in [1.82, 2.24) is 14.8 Å². The molecule has 3 N–H and O–H groups in total. The molecule has 1 aromatic rings. The molecule has 0 bridgehead atoms. The Bertz CT molecular complexity index is 430. The van der Waals surface area contributed by atoms with E-state index in [1.807, 2.05) is 6.20 Å². The monoisotopic (exact) mass is 271 g/mol. The lowest BCUT2D eigenvalue weighted by atomic mass is 9.85. The van der Waals surface area contributed by atoms with Crippen molar-refractivity contribution in [1.29, 1.82) is 0 Å². The van der Waals surface area contributed by atoms with E-state index in [0.717, 1.165) is 5.56 Å². The fourth-order valence-corrected chi connectivity index (χ4v) is 2.14. The van der Waals surface area contributed by atoms with Crippen molar-refractivity contribution in [3.05, 3.63) is 18.0 Å². The average Bonchev–Trinajstić information content (AvgIpc) is 2.74. The summed E-state index contributed by atoms with van der Waals surface area (Å²) in [6, 6.07) is 0. The summed E-state index contributed by atoms with van der Waals surface area (Å²) < 4.78 is 1.65. The number of aromatic nitrogens is 2. The van der Waals surface area contributed by atoms with E-state index < -0.39 is 11.6 Å². The summed E-state index contributed by atoms with van der Waals surface area (Å²) in [5.74, 6) is -0.0669. The summed E-state index contributed by atoms with van der Waals surface area (Å²) >= 11 is 0. The molecule has 0 saturated heterocycles. The van der Waals surface area contributed by atoms with Gasteiger partial charge in [-0.2, -0.15) is 10.2 Å². The fraction of sp³-hybridized carbons (Fsp3) is 0.667. The molecule has 1 heterocycles. The first-order chi connectivity index (χ1) is 8.77. The van der Waals surface area contributed by atoms with Crippen LogP contribution in [-0.4, -0.2) is 48.5 Å². The quantitative estimate of drug-likeness (QED) is 0.537. The molecule has 1 amide bonds. The Balaban J connectivity index is 2.87. The number of aliphatic hydroxyl groups is 1. The van der Waals surface area contributed by atoms with E-state index in [9.17, 15) is 10.0 Å².